The van der Waals surface area contributed by atoms with Gasteiger partial charge in [-0.25, -0.2) is 4.98 Å². The van der Waals surface area contributed by atoms with Crippen LogP contribution in [-0.2, 0) is 9.53 Å². The fourth-order valence-electron chi connectivity index (χ4n) is 3.20. The first-order valence-electron chi connectivity index (χ1n) is 8.49. The molecule has 2 aliphatic rings. The van der Waals surface area contributed by atoms with Crippen LogP contribution in [0.3, 0.4) is 0 Å². The molecule has 5 nitrogen and oxygen atoms in total. The van der Waals surface area contributed by atoms with Gasteiger partial charge in [0.15, 0.2) is 0 Å². The minimum Gasteiger partial charge on any atom is -0.381 e. The Labute approximate surface area is 142 Å². The van der Waals surface area contributed by atoms with Crippen LogP contribution in [0, 0.1) is 0 Å². The van der Waals surface area contributed by atoms with Gasteiger partial charge in [-0.3, -0.25) is 4.79 Å². The Hall–Kier alpha value is -1.27. The van der Waals surface area contributed by atoms with E-state index in [0.717, 1.165) is 63.6 Å². The number of carbonyl (C=O) groups excluding carboxylic acids is 1. The summed E-state index contributed by atoms with van der Waals surface area (Å²) in [5, 5.41) is 3.80. The molecule has 0 radical (unpaired) electrons. The van der Waals surface area contributed by atoms with Crippen molar-refractivity contribution in [1.29, 1.82) is 0 Å². The van der Waals surface area contributed by atoms with Crippen LogP contribution in [-0.4, -0.2) is 54.2 Å². The summed E-state index contributed by atoms with van der Waals surface area (Å²) in [5.41, 5.74) is 0. The maximum atomic E-state index is 12.5. The van der Waals surface area contributed by atoms with E-state index in [2.05, 4.69) is 15.2 Å². The van der Waals surface area contributed by atoms with Crippen molar-refractivity contribution < 1.29 is 9.53 Å². The maximum absolute atomic E-state index is 12.5. The minimum atomic E-state index is -0.0713. The van der Waals surface area contributed by atoms with Crippen molar-refractivity contribution in [2.45, 2.75) is 37.0 Å². The van der Waals surface area contributed by atoms with Gasteiger partial charge < -0.3 is 15.0 Å². The number of nitrogens with zero attached hydrogens (tertiary/aromatic N) is 2. The van der Waals surface area contributed by atoms with Crippen molar-refractivity contribution in [3.8, 4) is 0 Å². The van der Waals surface area contributed by atoms with Gasteiger partial charge in [-0.2, -0.15) is 11.8 Å². The van der Waals surface area contributed by atoms with Crippen LogP contribution < -0.4 is 10.2 Å². The zero-order valence-electron chi connectivity index (χ0n) is 13.4. The van der Waals surface area contributed by atoms with Crippen molar-refractivity contribution >= 4 is 23.5 Å². The van der Waals surface area contributed by atoms with Crippen molar-refractivity contribution in [2.75, 3.05) is 37.0 Å². The molecular weight excluding hydrogens is 310 g/mol. The highest BCUT2D eigenvalue weighted by Gasteiger charge is 2.31. The average molecular weight is 335 g/mol. The van der Waals surface area contributed by atoms with E-state index in [0.29, 0.717) is 5.25 Å². The summed E-state index contributed by atoms with van der Waals surface area (Å²) in [6.07, 6.45) is 6.01. The van der Waals surface area contributed by atoms with E-state index in [1.165, 1.54) is 0 Å². The molecule has 0 aromatic carbocycles. The van der Waals surface area contributed by atoms with E-state index >= 15 is 0 Å². The van der Waals surface area contributed by atoms with E-state index in [4.69, 9.17) is 4.74 Å². The lowest BCUT2D eigenvalue weighted by Gasteiger charge is -2.25. The largest absolute Gasteiger partial charge is 0.381 e. The van der Waals surface area contributed by atoms with Gasteiger partial charge in [-0.1, -0.05) is 6.07 Å². The fourth-order valence-corrected chi connectivity index (χ4v) is 4.28. The number of nitrogens with one attached hydrogen (secondary N) is 1. The van der Waals surface area contributed by atoms with Gasteiger partial charge in [0.1, 0.15) is 11.9 Å². The Balaban J connectivity index is 1.42. The summed E-state index contributed by atoms with van der Waals surface area (Å²) in [4.78, 5) is 19.0. The normalized spacial score (nSPS) is 22.3. The molecule has 6 heteroatoms. The Bertz CT molecular complexity index is 494. The second-order valence-electron chi connectivity index (χ2n) is 6.01. The molecule has 0 bridgehead atoms. The molecule has 126 valence electrons. The number of anilines is 1. The molecule has 1 aromatic rings. The molecule has 2 aliphatic heterocycles. The second kappa shape index (κ2) is 8.55. The van der Waals surface area contributed by atoms with Crippen molar-refractivity contribution in [2.24, 2.45) is 0 Å². The van der Waals surface area contributed by atoms with Gasteiger partial charge in [-0.15, -0.1) is 0 Å². The van der Waals surface area contributed by atoms with Crippen LogP contribution in [0.1, 0.15) is 25.7 Å². The summed E-state index contributed by atoms with van der Waals surface area (Å²) >= 11 is 1.96. The molecule has 2 saturated heterocycles. The predicted molar refractivity (Wildman–Crippen MR) is 93.9 cm³/mol. The fraction of sp³-hybridized carbons (Fsp3) is 0.647. The molecule has 1 unspecified atom stereocenters. The third kappa shape index (κ3) is 4.61. The van der Waals surface area contributed by atoms with E-state index in [9.17, 15) is 4.79 Å². The number of hydrogen-bond acceptors (Lipinski definition) is 5. The van der Waals surface area contributed by atoms with E-state index in [1.807, 2.05) is 30.0 Å². The lowest BCUT2D eigenvalue weighted by molar-refractivity contribution is -0.122. The van der Waals surface area contributed by atoms with E-state index < -0.39 is 0 Å². The number of aromatic nitrogens is 1. The summed E-state index contributed by atoms with van der Waals surface area (Å²) in [6, 6.07) is 5.78. The molecule has 1 atom stereocenters. The monoisotopic (exact) mass is 335 g/mol. The Morgan fingerprint density at radius 1 is 1.35 bits per heavy atom. The number of hydrogen-bond donors (Lipinski definition) is 1. The summed E-state index contributed by atoms with van der Waals surface area (Å²) in [6.45, 7) is 3.41. The van der Waals surface area contributed by atoms with E-state index in [-0.39, 0.29) is 11.9 Å². The van der Waals surface area contributed by atoms with Gasteiger partial charge in [0, 0.05) is 43.5 Å². The number of thioether (sulfide) groups is 1. The quantitative estimate of drug-likeness (QED) is 0.807. The van der Waals surface area contributed by atoms with Crippen molar-refractivity contribution in [1.82, 2.24) is 10.3 Å². The van der Waals surface area contributed by atoms with Crippen molar-refractivity contribution in [3.05, 3.63) is 24.4 Å². The van der Waals surface area contributed by atoms with Crippen LogP contribution in [0.15, 0.2) is 24.4 Å². The molecule has 0 aliphatic carbocycles. The zero-order valence-corrected chi connectivity index (χ0v) is 14.3. The Morgan fingerprint density at radius 2 is 2.22 bits per heavy atom. The predicted octanol–water partition coefficient (Wildman–Crippen LogP) is 2.08. The first kappa shape index (κ1) is 16.6. The highest BCUT2D eigenvalue weighted by molar-refractivity contribution is 7.99. The zero-order chi connectivity index (χ0) is 15.9. The number of rotatable bonds is 6. The van der Waals surface area contributed by atoms with Gasteiger partial charge in [0.05, 0.1) is 0 Å². The summed E-state index contributed by atoms with van der Waals surface area (Å²) in [7, 11) is 0. The molecule has 1 N–H and O–H groups in total. The lowest BCUT2D eigenvalue weighted by Crippen LogP contribution is -2.44. The first-order valence-corrected chi connectivity index (χ1v) is 9.54. The van der Waals surface area contributed by atoms with Crippen LogP contribution in [0.25, 0.3) is 0 Å². The molecule has 23 heavy (non-hydrogen) atoms. The van der Waals surface area contributed by atoms with Crippen LogP contribution in [0.4, 0.5) is 5.82 Å². The molecule has 1 amide bonds. The molecular formula is C17H25N3O2S. The molecule has 1 aromatic heterocycles. The SMILES string of the molecule is O=C(NCCSC1CCOCC1)C1CCCN1c1ccccn1. The highest BCUT2D eigenvalue weighted by atomic mass is 32.2. The Morgan fingerprint density at radius 3 is 3.00 bits per heavy atom. The van der Waals surface area contributed by atoms with Gasteiger partial charge in [-0.05, 0) is 37.8 Å². The maximum Gasteiger partial charge on any atom is 0.242 e. The summed E-state index contributed by atoms with van der Waals surface area (Å²) in [5.74, 6) is 2.02. The van der Waals surface area contributed by atoms with Crippen LogP contribution >= 0.6 is 11.8 Å². The number of carbonyl (C=O) groups is 1. The number of amides is 1. The van der Waals surface area contributed by atoms with Gasteiger partial charge >= 0.3 is 0 Å². The third-order valence-electron chi connectivity index (χ3n) is 4.42. The number of pyridine rings is 1. The first-order chi connectivity index (χ1) is 11.3. The third-order valence-corrected chi connectivity index (χ3v) is 5.80. The molecule has 2 fully saturated rings. The summed E-state index contributed by atoms with van der Waals surface area (Å²) < 4.78 is 5.37. The molecule has 0 saturated carbocycles. The Kier molecular flexibility index (Phi) is 6.16. The molecule has 3 rings (SSSR count). The number of ether oxygens (including phenoxy) is 1. The van der Waals surface area contributed by atoms with E-state index in [1.54, 1.807) is 6.20 Å². The van der Waals surface area contributed by atoms with Crippen molar-refractivity contribution in [3.63, 3.8) is 0 Å². The molecule has 0 spiro atoms. The second-order valence-corrected chi connectivity index (χ2v) is 7.42. The topological polar surface area (TPSA) is 54.5 Å². The molecule has 3 heterocycles. The van der Waals surface area contributed by atoms with Crippen LogP contribution in [0.2, 0.25) is 0 Å². The van der Waals surface area contributed by atoms with Gasteiger partial charge in [0.2, 0.25) is 5.91 Å². The van der Waals surface area contributed by atoms with Crippen LogP contribution in [0.5, 0.6) is 0 Å². The highest BCUT2D eigenvalue weighted by Crippen LogP contribution is 2.24. The lowest BCUT2D eigenvalue weighted by atomic mass is 10.2. The standard InChI is InChI=1S/C17H25N3O2S/c21-17(19-9-13-23-14-6-11-22-12-7-14)15-4-3-10-20(15)16-5-1-2-8-18-16/h1-2,5,8,14-15H,3-4,6-7,9-13H2,(H,19,21). The smallest absolute Gasteiger partial charge is 0.242 e. The minimum absolute atomic E-state index is 0.0713. The average Bonchev–Trinajstić information content (AvgIpc) is 3.10. The van der Waals surface area contributed by atoms with Gasteiger partial charge in [0.25, 0.3) is 0 Å².